The second kappa shape index (κ2) is 6.82. The van der Waals surface area contributed by atoms with Gasteiger partial charge >= 0.3 is 11.3 Å². The average molecular weight is 367 g/mol. The van der Waals surface area contributed by atoms with Crippen LogP contribution in [-0.4, -0.2) is 34.6 Å². The molecule has 0 aliphatic heterocycles. The standard InChI is InChI=1S/C17H14O7.ClH/c1-22-9-5-11(18)10-7-13(20)17(24-14(10)6-9)8-3-12(19)16(21)15(4-8)23-2;/h3-7H,1-2H3,(H3-,18,19,20,21);1H. The summed E-state index contributed by atoms with van der Waals surface area (Å²) in [6.45, 7) is 0. The monoisotopic (exact) mass is 366 g/mol. The lowest BCUT2D eigenvalue weighted by Crippen LogP contribution is -3.00. The second-order valence-corrected chi connectivity index (χ2v) is 5.07. The SMILES string of the molecule is COc1cc(O)c2cc(O)c(-c3cc(O)c(O)c(OC)c3)[o+]c2c1.[Cl-]. The van der Waals surface area contributed by atoms with Gasteiger partial charge in [0.05, 0.1) is 25.8 Å². The van der Waals surface area contributed by atoms with Crippen LogP contribution in [0.2, 0.25) is 0 Å². The molecule has 25 heavy (non-hydrogen) atoms. The Morgan fingerprint density at radius 1 is 0.800 bits per heavy atom. The van der Waals surface area contributed by atoms with Gasteiger partial charge in [0.15, 0.2) is 11.5 Å². The van der Waals surface area contributed by atoms with Crippen LogP contribution >= 0.6 is 0 Å². The molecule has 2 aromatic carbocycles. The van der Waals surface area contributed by atoms with Crippen molar-refractivity contribution < 1.29 is 46.7 Å². The van der Waals surface area contributed by atoms with Gasteiger partial charge < -0.3 is 42.3 Å². The van der Waals surface area contributed by atoms with Gasteiger partial charge in [0.2, 0.25) is 11.5 Å². The highest BCUT2D eigenvalue weighted by Gasteiger charge is 2.26. The van der Waals surface area contributed by atoms with Gasteiger partial charge in [-0.25, -0.2) is 4.42 Å². The number of phenols is 3. The molecule has 0 unspecified atom stereocenters. The molecular weight excluding hydrogens is 352 g/mol. The third kappa shape index (κ3) is 3.14. The van der Waals surface area contributed by atoms with E-state index in [9.17, 15) is 20.4 Å². The summed E-state index contributed by atoms with van der Waals surface area (Å²) < 4.78 is 15.7. The van der Waals surface area contributed by atoms with Crippen molar-refractivity contribution in [3.8, 4) is 45.8 Å². The Bertz CT molecular complexity index is 940. The van der Waals surface area contributed by atoms with Gasteiger partial charge in [-0.15, -0.1) is 0 Å². The number of aromatic hydroxyl groups is 4. The van der Waals surface area contributed by atoms with Crippen LogP contribution in [0.1, 0.15) is 0 Å². The lowest BCUT2D eigenvalue weighted by molar-refractivity contribution is -0.00000951. The topological polar surface area (TPSA) is 111 Å². The van der Waals surface area contributed by atoms with E-state index < -0.39 is 11.5 Å². The second-order valence-electron chi connectivity index (χ2n) is 5.07. The highest BCUT2D eigenvalue weighted by atomic mass is 35.5. The van der Waals surface area contributed by atoms with Gasteiger partial charge in [0.1, 0.15) is 16.9 Å². The van der Waals surface area contributed by atoms with Crippen LogP contribution in [0.25, 0.3) is 22.3 Å². The summed E-state index contributed by atoms with van der Waals surface area (Å²) in [5.41, 5.74) is 0.551. The molecule has 0 spiro atoms. The summed E-state index contributed by atoms with van der Waals surface area (Å²) in [5, 5.41) is 40.0. The minimum atomic E-state index is -0.424. The Balaban J connectivity index is 0.00000225. The first-order valence-corrected chi connectivity index (χ1v) is 6.91. The molecule has 1 aromatic heterocycles. The highest BCUT2D eigenvalue weighted by Crippen LogP contribution is 2.44. The molecular formula is C17H15ClO7. The van der Waals surface area contributed by atoms with Gasteiger partial charge in [-0.1, -0.05) is 0 Å². The molecule has 0 fully saturated rings. The summed E-state index contributed by atoms with van der Waals surface area (Å²) in [5.74, 6) is -0.770. The third-order valence-electron chi connectivity index (χ3n) is 3.59. The average Bonchev–Trinajstić information content (AvgIpc) is 2.57. The summed E-state index contributed by atoms with van der Waals surface area (Å²) in [6, 6.07) is 6.91. The Labute approximate surface area is 148 Å². The number of benzene rings is 2. The Hall–Kier alpha value is -3.06. The van der Waals surface area contributed by atoms with Gasteiger partial charge in [-0.05, 0) is 0 Å². The van der Waals surface area contributed by atoms with Gasteiger partial charge in [0.25, 0.3) is 0 Å². The van der Waals surface area contributed by atoms with E-state index in [0.29, 0.717) is 11.1 Å². The van der Waals surface area contributed by atoms with E-state index in [-0.39, 0.29) is 46.6 Å². The van der Waals surface area contributed by atoms with Crippen LogP contribution in [0.15, 0.2) is 34.7 Å². The molecule has 1 heterocycles. The maximum absolute atomic E-state index is 10.2. The van der Waals surface area contributed by atoms with Crippen LogP contribution < -0.4 is 21.9 Å². The van der Waals surface area contributed by atoms with Crippen molar-refractivity contribution >= 4 is 11.0 Å². The van der Waals surface area contributed by atoms with E-state index in [0.717, 1.165) is 0 Å². The molecule has 0 amide bonds. The van der Waals surface area contributed by atoms with E-state index in [4.69, 9.17) is 13.9 Å². The molecule has 4 N–H and O–H groups in total. The number of ether oxygens (including phenoxy) is 2. The van der Waals surface area contributed by atoms with Gasteiger partial charge in [-0.2, -0.15) is 0 Å². The molecule has 7 nitrogen and oxygen atoms in total. The largest absolute Gasteiger partial charge is 1.00 e. The van der Waals surface area contributed by atoms with Crippen molar-refractivity contribution in [3.63, 3.8) is 0 Å². The zero-order valence-corrected chi connectivity index (χ0v) is 14.0. The molecule has 3 rings (SSSR count). The number of hydrogen-bond donors (Lipinski definition) is 4. The van der Waals surface area contributed by atoms with Crippen LogP contribution in [0, 0.1) is 0 Å². The van der Waals surface area contributed by atoms with Crippen LogP contribution in [0.5, 0.6) is 34.5 Å². The number of phenolic OH excluding ortho intramolecular Hbond substituents is 3. The summed E-state index contributed by atoms with van der Waals surface area (Å²) in [6.07, 6.45) is 0. The zero-order valence-electron chi connectivity index (χ0n) is 13.3. The zero-order chi connectivity index (χ0) is 17.4. The van der Waals surface area contributed by atoms with Crippen molar-refractivity contribution in [2.24, 2.45) is 0 Å². The lowest BCUT2D eigenvalue weighted by atomic mass is 10.1. The van der Waals surface area contributed by atoms with Crippen molar-refractivity contribution in [3.05, 3.63) is 30.3 Å². The van der Waals surface area contributed by atoms with E-state index in [1.807, 2.05) is 0 Å². The Morgan fingerprint density at radius 2 is 1.52 bits per heavy atom. The van der Waals surface area contributed by atoms with E-state index >= 15 is 0 Å². The molecule has 0 saturated carbocycles. The molecule has 132 valence electrons. The maximum Gasteiger partial charge on any atom is 0.402 e. The number of hydrogen-bond acceptors (Lipinski definition) is 6. The van der Waals surface area contributed by atoms with Crippen molar-refractivity contribution in [2.75, 3.05) is 14.2 Å². The van der Waals surface area contributed by atoms with Crippen molar-refractivity contribution in [1.29, 1.82) is 0 Å². The first kappa shape index (κ1) is 18.3. The molecule has 0 saturated heterocycles. The summed E-state index contributed by atoms with van der Waals surface area (Å²) >= 11 is 0. The van der Waals surface area contributed by atoms with Gasteiger partial charge in [0, 0.05) is 24.3 Å². The van der Waals surface area contributed by atoms with E-state index in [2.05, 4.69) is 0 Å². The quantitative estimate of drug-likeness (QED) is 0.388. The number of halogens is 1. The fourth-order valence-corrected chi connectivity index (χ4v) is 2.39. The number of fused-ring (bicyclic) bond motifs is 1. The number of rotatable bonds is 3. The molecule has 0 aliphatic carbocycles. The van der Waals surface area contributed by atoms with E-state index in [1.54, 1.807) is 6.07 Å². The van der Waals surface area contributed by atoms with Crippen LogP contribution in [-0.2, 0) is 0 Å². The highest BCUT2D eigenvalue weighted by molar-refractivity contribution is 5.88. The van der Waals surface area contributed by atoms with Crippen LogP contribution in [0.3, 0.4) is 0 Å². The summed E-state index contributed by atoms with van der Waals surface area (Å²) in [4.78, 5) is 0. The first-order chi connectivity index (χ1) is 11.4. The molecule has 0 aliphatic rings. The Morgan fingerprint density at radius 3 is 2.16 bits per heavy atom. The fraction of sp³-hybridized carbons (Fsp3) is 0.118. The molecule has 3 aromatic rings. The maximum atomic E-state index is 10.2. The van der Waals surface area contributed by atoms with Gasteiger partial charge in [-0.3, -0.25) is 0 Å². The summed E-state index contributed by atoms with van der Waals surface area (Å²) in [7, 11) is 2.78. The normalized spacial score (nSPS) is 10.3. The number of methoxy groups -OCH3 is 2. The lowest BCUT2D eigenvalue weighted by Gasteiger charge is -2.06. The van der Waals surface area contributed by atoms with Crippen molar-refractivity contribution in [2.45, 2.75) is 0 Å². The minimum absolute atomic E-state index is 0. The first-order valence-electron chi connectivity index (χ1n) is 6.91. The predicted molar refractivity (Wildman–Crippen MR) is 85.8 cm³/mol. The van der Waals surface area contributed by atoms with Crippen molar-refractivity contribution in [1.82, 2.24) is 0 Å². The molecule has 0 bridgehead atoms. The third-order valence-corrected chi connectivity index (χ3v) is 3.59. The van der Waals surface area contributed by atoms with E-state index in [1.165, 1.54) is 38.5 Å². The fourth-order valence-electron chi connectivity index (χ4n) is 2.39. The smallest absolute Gasteiger partial charge is 0.402 e. The predicted octanol–water partition coefficient (Wildman–Crippen LogP) is 0.225. The Kier molecular flexibility index (Phi) is 4.99. The molecule has 0 atom stereocenters. The minimum Gasteiger partial charge on any atom is -1.00 e. The molecule has 0 radical (unpaired) electrons. The molecule has 8 heteroatoms. The van der Waals surface area contributed by atoms with Crippen LogP contribution in [0.4, 0.5) is 0 Å².